The Morgan fingerprint density at radius 3 is 2.54 bits per heavy atom. The molecule has 1 aliphatic carbocycles. The number of nitrogens with zero attached hydrogens (tertiary/aromatic N) is 4. The Kier molecular flexibility index (Phi) is 8.38. The normalized spacial score (nSPS) is 20.5. The van der Waals surface area contributed by atoms with Gasteiger partial charge in [-0.3, -0.25) is 5.43 Å². The molecule has 0 bridgehead atoms. The van der Waals surface area contributed by atoms with E-state index in [1.165, 1.54) is 12.1 Å². The molecule has 1 unspecified atom stereocenters. The highest BCUT2D eigenvalue weighted by atomic mass is 19.1. The molecule has 1 saturated heterocycles. The summed E-state index contributed by atoms with van der Waals surface area (Å²) in [6, 6.07) is 2.81. The Labute approximate surface area is 218 Å². The number of rotatable bonds is 8. The van der Waals surface area contributed by atoms with E-state index >= 15 is 0 Å². The predicted octanol–water partition coefficient (Wildman–Crippen LogP) is 2.43. The molecule has 10 heteroatoms. The summed E-state index contributed by atoms with van der Waals surface area (Å²) in [4.78, 5) is 19.4. The molecule has 3 aliphatic rings. The molecule has 1 aromatic carbocycles. The quantitative estimate of drug-likeness (QED) is 0.316. The van der Waals surface area contributed by atoms with Crippen LogP contribution in [0.5, 0.6) is 5.75 Å². The van der Waals surface area contributed by atoms with Crippen LogP contribution in [-0.4, -0.2) is 91.5 Å². The van der Waals surface area contributed by atoms with Crippen LogP contribution in [0.15, 0.2) is 46.5 Å². The van der Waals surface area contributed by atoms with Crippen LogP contribution in [0, 0.1) is 5.82 Å². The second kappa shape index (κ2) is 11.7. The van der Waals surface area contributed by atoms with Gasteiger partial charge in [0.05, 0.1) is 30.5 Å². The molecular weight excluding hydrogens is 473 g/mol. The molecule has 1 atom stereocenters. The molecule has 0 spiro atoms. The van der Waals surface area contributed by atoms with Crippen LogP contribution < -0.4 is 16.1 Å². The fourth-order valence-corrected chi connectivity index (χ4v) is 5.22. The molecule has 2 heterocycles. The van der Waals surface area contributed by atoms with Crippen LogP contribution in [0.2, 0.25) is 0 Å². The minimum atomic E-state index is -0.655. The minimum Gasteiger partial charge on any atom is -0.505 e. The van der Waals surface area contributed by atoms with Crippen LogP contribution >= 0.6 is 0 Å². The van der Waals surface area contributed by atoms with Crippen LogP contribution in [0.1, 0.15) is 31.4 Å². The fraction of sp³-hybridized carbons (Fsp3) is 0.481. The van der Waals surface area contributed by atoms with Crippen molar-refractivity contribution in [3.8, 4) is 5.75 Å². The Morgan fingerprint density at radius 2 is 1.89 bits per heavy atom. The van der Waals surface area contributed by atoms with E-state index in [0.29, 0.717) is 25.9 Å². The van der Waals surface area contributed by atoms with Crippen molar-refractivity contribution in [2.24, 2.45) is 5.10 Å². The van der Waals surface area contributed by atoms with E-state index in [1.54, 1.807) is 0 Å². The third kappa shape index (κ3) is 5.90. The number of carbonyl (C=O) groups is 1. The van der Waals surface area contributed by atoms with E-state index in [2.05, 4.69) is 45.8 Å². The maximum atomic E-state index is 14.3. The molecule has 1 fully saturated rings. The highest BCUT2D eigenvalue weighted by Crippen LogP contribution is 2.32. The molecule has 0 radical (unpaired) electrons. The number of aromatic hydroxyl groups is 1. The zero-order valence-electron chi connectivity index (χ0n) is 22.0. The third-order valence-electron chi connectivity index (χ3n) is 7.32. The fourth-order valence-electron chi connectivity index (χ4n) is 5.22. The van der Waals surface area contributed by atoms with Gasteiger partial charge in [-0.15, -0.1) is 0 Å². The van der Waals surface area contributed by atoms with Crippen molar-refractivity contribution in [1.82, 2.24) is 30.8 Å². The van der Waals surface area contributed by atoms with Crippen LogP contribution in [0.3, 0.4) is 0 Å². The number of piperazine rings is 1. The zero-order chi connectivity index (χ0) is 26.5. The van der Waals surface area contributed by atoms with E-state index in [0.717, 1.165) is 66.5 Å². The van der Waals surface area contributed by atoms with Gasteiger partial charge in [0.25, 0.3) is 0 Å². The van der Waals surface area contributed by atoms with E-state index in [1.807, 2.05) is 29.8 Å². The van der Waals surface area contributed by atoms with Gasteiger partial charge in [0.1, 0.15) is 0 Å². The second-order valence-electron chi connectivity index (χ2n) is 9.60. The maximum Gasteiger partial charge on any atom is 0.320 e. The van der Waals surface area contributed by atoms with Crippen molar-refractivity contribution >= 4 is 18.3 Å². The molecule has 0 saturated carbocycles. The molecule has 4 N–H and O–H groups in total. The van der Waals surface area contributed by atoms with Crippen molar-refractivity contribution in [3.63, 3.8) is 0 Å². The Morgan fingerprint density at radius 1 is 1.16 bits per heavy atom. The number of phenols is 1. The lowest BCUT2D eigenvalue weighted by Crippen LogP contribution is -2.52. The number of phenolic OH excluding ortho intramolecular Hbond substituents is 1. The molecule has 2 aliphatic heterocycles. The summed E-state index contributed by atoms with van der Waals surface area (Å²) in [6.45, 7) is 13.0. The van der Waals surface area contributed by atoms with Crippen LogP contribution in [-0.2, 0) is 6.42 Å². The predicted molar refractivity (Wildman–Crippen MR) is 144 cm³/mol. The van der Waals surface area contributed by atoms with Crippen molar-refractivity contribution in [3.05, 3.63) is 58.3 Å². The maximum absolute atomic E-state index is 14.3. The zero-order valence-corrected chi connectivity index (χ0v) is 22.0. The minimum absolute atomic E-state index is 0.0606. The molecule has 200 valence electrons. The number of halogens is 1. The number of carbonyl (C=O) groups excluding carboxylic acids is 1. The van der Waals surface area contributed by atoms with E-state index in [9.17, 15) is 14.3 Å². The number of likely N-dealkylation sites (N-methyl/N-ethyl adjacent to an activating group) is 2. The van der Waals surface area contributed by atoms with Gasteiger partial charge in [-0.1, -0.05) is 19.9 Å². The van der Waals surface area contributed by atoms with Crippen molar-refractivity contribution < 1.29 is 14.3 Å². The Bertz CT molecular complexity index is 1120. The van der Waals surface area contributed by atoms with Crippen molar-refractivity contribution in [2.75, 3.05) is 52.9 Å². The SMILES string of the molecule is C=NNC1=CC(c2cc(F)c(O)cc2CC)=CC(NC2=C(NC)CN(C(=O)N3CCN(CC)CC3)C2)C1. The lowest BCUT2D eigenvalue weighted by molar-refractivity contribution is 0.121. The Hall–Kier alpha value is -3.53. The summed E-state index contributed by atoms with van der Waals surface area (Å²) in [7, 11) is 1.87. The summed E-state index contributed by atoms with van der Waals surface area (Å²) in [5.41, 5.74) is 8.14. The first kappa shape index (κ1) is 26.5. The first-order chi connectivity index (χ1) is 17.9. The van der Waals surface area contributed by atoms with Gasteiger partial charge >= 0.3 is 6.03 Å². The lowest BCUT2D eigenvalue weighted by atomic mass is 9.90. The molecular formula is C27H38FN7O2. The van der Waals surface area contributed by atoms with Gasteiger partial charge in [-0.2, -0.15) is 5.10 Å². The number of urea groups is 1. The summed E-state index contributed by atoms with van der Waals surface area (Å²) < 4.78 is 14.3. The summed E-state index contributed by atoms with van der Waals surface area (Å²) in [5.74, 6) is -1.00. The molecule has 1 aromatic rings. The van der Waals surface area contributed by atoms with Crippen molar-refractivity contribution in [2.45, 2.75) is 32.7 Å². The highest BCUT2D eigenvalue weighted by Gasteiger charge is 2.31. The number of hydrogen-bond acceptors (Lipinski definition) is 7. The van der Waals surface area contributed by atoms with Gasteiger partial charge in [0.15, 0.2) is 11.6 Å². The number of hydrazone groups is 1. The van der Waals surface area contributed by atoms with Gasteiger partial charge in [0, 0.05) is 52.1 Å². The molecule has 4 rings (SSSR count). The Balaban J connectivity index is 1.52. The topological polar surface area (TPSA) is 95.5 Å². The summed E-state index contributed by atoms with van der Waals surface area (Å²) in [6.07, 6.45) is 5.27. The molecule has 2 amide bonds. The number of aryl methyl sites for hydroxylation is 1. The monoisotopic (exact) mass is 511 g/mol. The lowest BCUT2D eigenvalue weighted by Gasteiger charge is -2.36. The number of hydrogen-bond donors (Lipinski definition) is 4. The number of allylic oxidation sites excluding steroid dienone is 2. The molecule has 37 heavy (non-hydrogen) atoms. The summed E-state index contributed by atoms with van der Waals surface area (Å²) in [5, 5.41) is 20.6. The van der Waals surface area contributed by atoms with Crippen LogP contribution in [0.4, 0.5) is 9.18 Å². The number of nitrogens with one attached hydrogen (secondary N) is 3. The van der Waals surface area contributed by atoms with E-state index in [4.69, 9.17) is 0 Å². The second-order valence-corrected chi connectivity index (χ2v) is 9.60. The van der Waals surface area contributed by atoms with E-state index < -0.39 is 5.82 Å². The smallest absolute Gasteiger partial charge is 0.320 e. The van der Waals surface area contributed by atoms with Gasteiger partial charge in [0.2, 0.25) is 0 Å². The van der Waals surface area contributed by atoms with Gasteiger partial charge in [-0.05, 0) is 47.9 Å². The third-order valence-corrected chi connectivity index (χ3v) is 7.32. The molecule has 9 nitrogen and oxygen atoms in total. The van der Waals surface area contributed by atoms with Gasteiger partial charge < -0.3 is 30.4 Å². The first-order valence-corrected chi connectivity index (χ1v) is 12.9. The largest absolute Gasteiger partial charge is 0.505 e. The van der Waals surface area contributed by atoms with Gasteiger partial charge in [-0.25, -0.2) is 9.18 Å². The average Bonchev–Trinajstić information content (AvgIpc) is 3.32. The average molecular weight is 512 g/mol. The van der Waals surface area contributed by atoms with Crippen molar-refractivity contribution in [1.29, 1.82) is 0 Å². The summed E-state index contributed by atoms with van der Waals surface area (Å²) >= 11 is 0. The highest BCUT2D eigenvalue weighted by molar-refractivity contribution is 5.79. The number of amides is 2. The van der Waals surface area contributed by atoms with E-state index in [-0.39, 0.29) is 17.8 Å². The first-order valence-electron chi connectivity index (χ1n) is 12.9. The standard InChI is InChI=1S/C27H38FN7O2/c1-5-18-13-26(36)23(28)15-22(18)19-11-20(14-21(12-19)32-30-4)31-25-17-35(16-24(25)29-3)27(37)34-9-7-33(6-2)8-10-34/h11-13,15,20,29,31-32,36H,4-10,14,16-17H2,1-3H3. The molecule has 0 aromatic heterocycles. The number of benzene rings is 1. The van der Waals surface area contributed by atoms with Crippen LogP contribution in [0.25, 0.3) is 5.57 Å².